The standard InChI is InChI=1S/C12H24N2O4S/c1-8(2)11(12(15)16)13-19(17,18)14-6-9(3)5-10(4)7-14/h8-11,13H,5-7H2,1-4H3,(H,15,16)/t9?,10?,11-/m0/s1. The molecule has 2 unspecified atom stereocenters. The summed E-state index contributed by atoms with van der Waals surface area (Å²) in [6.45, 7) is 8.28. The Labute approximate surface area is 115 Å². The van der Waals surface area contributed by atoms with Gasteiger partial charge in [-0.2, -0.15) is 17.4 Å². The summed E-state index contributed by atoms with van der Waals surface area (Å²) >= 11 is 0. The molecular formula is C12H24N2O4S. The van der Waals surface area contributed by atoms with Crippen LogP contribution in [0.4, 0.5) is 0 Å². The lowest BCUT2D eigenvalue weighted by molar-refractivity contribution is -0.140. The van der Waals surface area contributed by atoms with Crippen LogP contribution < -0.4 is 4.72 Å². The zero-order valence-electron chi connectivity index (χ0n) is 12.0. The van der Waals surface area contributed by atoms with Gasteiger partial charge in [-0.15, -0.1) is 0 Å². The Hall–Kier alpha value is -0.660. The minimum absolute atomic E-state index is 0.294. The van der Waals surface area contributed by atoms with Crippen molar-refractivity contribution in [2.75, 3.05) is 13.1 Å². The summed E-state index contributed by atoms with van der Waals surface area (Å²) in [5.74, 6) is -0.853. The lowest BCUT2D eigenvalue weighted by atomic mass is 9.94. The van der Waals surface area contributed by atoms with Crippen LogP contribution in [-0.4, -0.2) is 42.9 Å². The zero-order chi connectivity index (χ0) is 14.8. The molecule has 2 N–H and O–H groups in total. The van der Waals surface area contributed by atoms with Gasteiger partial charge >= 0.3 is 5.97 Å². The summed E-state index contributed by atoms with van der Waals surface area (Å²) in [5.41, 5.74) is 0. The molecular weight excluding hydrogens is 268 g/mol. The molecule has 6 nitrogen and oxygen atoms in total. The van der Waals surface area contributed by atoms with Crippen LogP contribution in [0.3, 0.4) is 0 Å². The molecule has 19 heavy (non-hydrogen) atoms. The number of rotatable bonds is 5. The maximum Gasteiger partial charge on any atom is 0.322 e. The normalized spacial score (nSPS) is 27.4. The van der Waals surface area contributed by atoms with E-state index in [4.69, 9.17) is 5.11 Å². The Morgan fingerprint density at radius 2 is 1.74 bits per heavy atom. The second kappa shape index (κ2) is 6.19. The van der Waals surface area contributed by atoms with E-state index in [0.717, 1.165) is 6.42 Å². The average Bonchev–Trinajstić information content (AvgIpc) is 2.23. The van der Waals surface area contributed by atoms with Crippen LogP contribution in [0.25, 0.3) is 0 Å². The third-order valence-corrected chi connectivity index (χ3v) is 4.91. The number of nitrogens with zero attached hydrogens (tertiary/aromatic N) is 1. The largest absolute Gasteiger partial charge is 0.480 e. The van der Waals surface area contributed by atoms with E-state index in [-0.39, 0.29) is 5.92 Å². The van der Waals surface area contributed by atoms with Crippen LogP contribution in [0.5, 0.6) is 0 Å². The van der Waals surface area contributed by atoms with E-state index in [0.29, 0.717) is 24.9 Å². The Morgan fingerprint density at radius 3 is 2.11 bits per heavy atom. The van der Waals surface area contributed by atoms with Crippen molar-refractivity contribution in [3.63, 3.8) is 0 Å². The van der Waals surface area contributed by atoms with Crippen LogP contribution in [0.1, 0.15) is 34.1 Å². The highest BCUT2D eigenvalue weighted by Crippen LogP contribution is 2.23. The first-order valence-corrected chi connectivity index (χ1v) is 8.07. The van der Waals surface area contributed by atoms with E-state index in [1.807, 2.05) is 13.8 Å². The number of aliphatic carboxylic acids is 1. The topological polar surface area (TPSA) is 86.7 Å². The summed E-state index contributed by atoms with van der Waals surface area (Å²) < 4.78 is 28.2. The lowest BCUT2D eigenvalue weighted by Gasteiger charge is -2.34. The fourth-order valence-electron chi connectivity index (χ4n) is 2.51. The van der Waals surface area contributed by atoms with Gasteiger partial charge in [0, 0.05) is 13.1 Å². The van der Waals surface area contributed by atoms with E-state index in [1.165, 1.54) is 4.31 Å². The maximum atomic E-state index is 12.2. The molecule has 3 atom stereocenters. The number of nitrogens with one attached hydrogen (secondary N) is 1. The van der Waals surface area contributed by atoms with Crippen molar-refractivity contribution >= 4 is 16.2 Å². The summed E-state index contributed by atoms with van der Waals surface area (Å²) in [5, 5.41) is 9.06. The van der Waals surface area contributed by atoms with Gasteiger partial charge in [0.25, 0.3) is 10.2 Å². The predicted molar refractivity (Wildman–Crippen MR) is 72.8 cm³/mol. The molecule has 1 aliphatic rings. The number of carbonyl (C=O) groups is 1. The van der Waals surface area contributed by atoms with Gasteiger partial charge in [0.2, 0.25) is 0 Å². The molecule has 1 fully saturated rings. The maximum absolute atomic E-state index is 12.2. The van der Waals surface area contributed by atoms with E-state index in [2.05, 4.69) is 4.72 Å². The molecule has 1 heterocycles. The molecule has 0 radical (unpaired) electrons. The third kappa shape index (κ3) is 4.43. The number of hydrogen-bond donors (Lipinski definition) is 2. The molecule has 0 amide bonds. The SMILES string of the molecule is CC1CC(C)CN(S(=O)(=O)N[C@H](C(=O)O)C(C)C)C1. The van der Waals surface area contributed by atoms with Gasteiger partial charge in [0.1, 0.15) is 6.04 Å². The zero-order valence-corrected chi connectivity index (χ0v) is 12.8. The first-order chi connectivity index (χ1) is 8.63. The quantitative estimate of drug-likeness (QED) is 0.788. The fourth-order valence-corrected chi connectivity index (χ4v) is 4.25. The molecule has 112 valence electrons. The second-order valence-electron chi connectivity index (χ2n) is 5.95. The first kappa shape index (κ1) is 16.4. The van der Waals surface area contributed by atoms with Gasteiger partial charge in [0.15, 0.2) is 0 Å². The summed E-state index contributed by atoms with van der Waals surface area (Å²) in [7, 11) is -3.74. The number of piperidine rings is 1. The number of carboxylic acid groups (broad SMARTS) is 1. The lowest BCUT2D eigenvalue weighted by Crippen LogP contribution is -2.53. The first-order valence-electron chi connectivity index (χ1n) is 6.63. The van der Waals surface area contributed by atoms with E-state index in [1.54, 1.807) is 13.8 Å². The Balaban J connectivity index is 2.82. The van der Waals surface area contributed by atoms with Crippen LogP contribution in [0.2, 0.25) is 0 Å². The van der Waals surface area contributed by atoms with E-state index < -0.39 is 22.2 Å². The highest BCUT2D eigenvalue weighted by molar-refractivity contribution is 7.87. The average molecular weight is 292 g/mol. The van der Waals surface area contributed by atoms with Crippen LogP contribution in [0, 0.1) is 17.8 Å². The van der Waals surface area contributed by atoms with Gasteiger partial charge in [-0.3, -0.25) is 4.79 Å². The van der Waals surface area contributed by atoms with Gasteiger partial charge in [-0.25, -0.2) is 0 Å². The highest BCUT2D eigenvalue weighted by Gasteiger charge is 2.34. The second-order valence-corrected chi connectivity index (χ2v) is 7.65. The number of hydrogen-bond acceptors (Lipinski definition) is 3. The summed E-state index contributed by atoms with van der Waals surface area (Å²) in [6, 6.07) is -1.09. The van der Waals surface area contributed by atoms with Crippen molar-refractivity contribution in [2.24, 2.45) is 17.8 Å². The van der Waals surface area contributed by atoms with Crippen molar-refractivity contribution in [1.82, 2.24) is 9.03 Å². The molecule has 0 spiro atoms. The van der Waals surface area contributed by atoms with Crippen molar-refractivity contribution in [2.45, 2.75) is 40.2 Å². The minimum Gasteiger partial charge on any atom is -0.480 e. The van der Waals surface area contributed by atoms with Gasteiger partial charge in [-0.1, -0.05) is 27.7 Å². The highest BCUT2D eigenvalue weighted by atomic mass is 32.2. The molecule has 1 rings (SSSR count). The molecule has 7 heteroatoms. The van der Waals surface area contributed by atoms with E-state index in [9.17, 15) is 13.2 Å². The van der Waals surface area contributed by atoms with Crippen molar-refractivity contribution in [1.29, 1.82) is 0 Å². The molecule has 0 aromatic carbocycles. The molecule has 0 aromatic heterocycles. The van der Waals surface area contributed by atoms with Crippen LogP contribution in [0.15, 0.2) is 0 Å². The van der Waals surface area contributed by atoms with Crippen LogP contribution >= 0.6 is 0 Å². The Morgan fingerprint density at radius 1 is 1.26 bits per heavy atom. The molecule has 1 saturated heterocycles. The fraction of sp³-hybridized carbons (Fsp3) is 0.917. The number of carboxylic acids is 1. The molecule has 0 aliphatic carbocycles. The van der Waals surface area contributed by atoms with E-state index >= 15 is 0 Å². The molecule has 0 saturated carbocycles. The Kier molecular flexibility index (Phi) is 5.34. The minimum atomic E-state index is -3.74. The van der Waals surface area contributed by atoms with Gasteiger partial charge < -0.3 is 5.11 Å². The Bertz CT molecular complexity index is 411. The molecule has 0 bridgehead atoms. The van der Waals surface area contributed by atoms with Crippen molar-refractivity contribution in [3.8, 4) is 0 Å². The van der Waals surface area contributed by atoms with Crippen molar-refractivity contribution in [3.05, 3.63) is 0 Å². The van der Waals surface area contributed by atoms with Crippen LogP contribution in [-0.2, 0) is 15.0 Å². The van der Waals surface area contributed by atoms with Crippen molar-refractivity contribution < 1.29 is 18.3 Å². The molecule has 1 aliphatic heterocycles. The smallest absolute Gasteiger partial charge is 0.322 e. The third-order valence-electron chi connectivity index (χ3n) is 3.38. The summed E-state index contributed by atoms with van der Waals surface area (Å²) in [4.78, 5) is 11.1. The summed E-state index contributed by atoms with van der Waals surface area (Å²) in [6.07, 6.45) is 0.999. The molecule has 0 aromatic rings. The predicted octanol–water partition coefficient (Wildman–Crippen LogP) is 0.908. The monoisotopic (exact) mass is 292 g/mol. The van der Waals surface area contributed by atoms with Gasteiger partial charge in [-0.05, 0) is 24.2 Å². The van der Waals surface area contributed by atoms with Gasteiger partial charge in [0.05, 0.1) is 0 Å².